The highest BCUT2D eigenvalue weighted by Gasteiger charge is 2.29. The highest BCUT2D eigenvalue weighted by Crippen LogP contribution is 2.30. The van der Waals surface area contributed by atoms with E-state index in [1.165, 1.54) is 12.1 Å². The van der Waals surface area contributed by atoms with E-state index >= 15 is 0 Å². The molecule has 0 aliphatic carbocycles. The molecule has 0 saturated heterocycles. The number of hydrogen-bond donors (Lipinski definition) is 1. The Kier molecular flexibility index (Phi) is 3.50. The average molecular weight is 265 g/mol. The Hall–Kier alpha value is -2.37. The van der Waals surface area contributed by atoms with Gasteiger partial charge in [-0.05, 0) is 48.5 Å². The third-order valence-electron chi connectivity index (χ3n) is 2.37. The maximum atomic E-state index is 12.3. The van der Waals surface area contributed by atoms with Gasteiger partial charge in [-0.2, -0.15) is 23.4 Å². The van der Waals surface area contributed by atoms with Gasteiger partial charge >= 0.3 is 6.18 Å². The van der Waals surface area contributed by atoms with Crippen molar-refractivity contribution in [1.82, 2.24) is 0 Å². The number of hydrogen-bond acceptors (Lipinski definition) is 3. The first-order valence-corrected chi connectivity index (χ1v) is 5.40. The van der Waals surface area contributed by atoms with E-state index in [-0.39, 0.29) is 0 Å². The van der Waals surface area contributed by atoms with Crippen LogP contribution in [0, 0.1) is 0 Å². The Labute approximate surface area is 107 Å². The molecule has 0 saturated carbocycles. The van der Waals surface area contributed by atoms with Crippen LogP contribution in [0.2, 0.25) is 0 Å². The fourth-order valence-electron chi connectivity index (χ4n) is 1.37. The lowest BCUT2D eigenvalue weighted by Gasteiger charge is -2.05. The molecule has 0 unspecified atom stereocenters. The lowest BCUT2D eigenvalue weighted by molar-refractivity contribution is -0.137. The summed E-state index contributed by atoms with van der Waals surface area (Å²) in [6.07, 6.45) is -4.34. The van der Waals surface area contributed by atoms with Crippen LogP contribution in [0.4, 0.5) is 30.2 Å². The number of nitrogen functional groups attached to an aromatic ring is 1. The lowest BCUT2D eigenvalue weighted by atomic mass is 10.2. The van der Waals surface area contributed by atoms with Crippen molar-refractivity contribution in [2.75, 3.05) is 5.73 Å². The molecule has 0 heterocycles. The van der Waals surface area contributed by atoms with E-state index < -0.39 is 11.7 Å². The third-order valence-corrected chi connectivity index (χ3v) is 2.37. The quantitative estimate of drug-likeness (QED) is 0.620. The second-order valence-corrected chi connectivity index (χ2v) is 3.84. The van der Waals surface area contributed by atoms with E-state index in [1.54, 1.807) is 24.3 Å². The van der Waals surface area contributed by atoms with E-state index in [4.69, 9.17) is 5.73 Å². The van der Waals surface area contributed by atoms with E-state index in [2.05, 4.69) is 10.2 Å². The molecule has 0 radical (unpaired) electrons. The first-order valence-electron chi connectivity index (χ1n) is 5.40. The molecule has 2 N–H and O–H groups in total. The molecule has 0 atom stereocenters. The van der Waals surface area contributed by atoms with Gasteiger partial charge in [-0.15, -0.1) is 0 Å². The van der Waals surface area contributed by atoms with Crippen molar-refractivity contribution in [2.45, 2.75) is 6.18 Å². The Morgan fingerprint density at radius 2 is 1.16 bits per heavy atom. The van der Waals surface area contributed by atoms with Gasteiger partial charge in [-0.1, -0.05) is 0 Å². The van der Waals surface area contributed by atoms with Gasteiger partial charge in [0.25, 0.3) is 0 Å². The van der Waals surface area contributed by atoms with Crippen molar-refractivity contribution in [1.29, 1.82) is 0 Å². The van der Waals surface area contributed by atoms with Gasteiger partial charge in [-0.3, -0.25) is 0 Å². The Morgan fingerprint density at radius 3 is 1.58 bits per heavy atom. The molecule has 2 aromatic rings. The van der Waals surface area contributed by atoms with Crippen molar-refractivity contribution in [2.24, 2.45) is 10.2 Å². The van der Waals surface area contributed by atoms with Crippen LogP contribution in [0.15, 0.2) is 58.8 Å². The summed E-state index contributed by atoms with van der Waals surface area (Å²) < 4.78 is 37.0. The minimum absolute atomic E-state index is 0.352. The van der Waals surface area contributed by atoms with Gasteiger partial charge in [0.2, 0.25) is 0 Å². The van der Waals surface area contributed by atoms with Gasteiger partial charge < -0.3 is 5.73 Å². The lowest BCUT2D eigenvalue weighted by Crippen LogP contribution is -2.03. The molecule has 0 bridgehead atoms. The smallest absolute Gasteiger partial charge is 0.399 e. The second-order valence-electron chi connectivity index (χ2n) is 3.84. The molecule has 0 spiro atoms. The molecule has 19 heavy (non-hydrogen) atoms. The van der Waals surface area contributed by atoms with Crippen LogP contribution in [0.25, 0.3) is 0 Å². The van der Waals surface area contributed by atoms with Crippen LogP contribution in [-0.4, -0.2) is 0 Å². The van der Waals surface area contributed by atoms with Crippen molar-refractivity contribution in [3.05, 3.63) is 54.1 Å². The fourth-order valence-corrected chi connectivity index (χ4v) is 1.37. The van der Waals surface area contributed by atoms with Gasteiger partial charge in [0.1, 0.15) is 0 Å². The molecule has 0 amide bonds. The van der Waals surface area contributed by atoms with Crippen LogP contribution < -0.4 is 5.73 Å². The van der Waals surface area contributed by atoms with E-state index in [1.807, 2.05) is 0 Å². The maximum Gasteiger partial charge on any atom is 0.416 e. The SMILES string of the molecule is Nc1ccc(/N=N/c2ccc(C(F)(F)F)cc2)cc1. The molecule has 6 heteroatoms. The number of nitrogens with zero attached hydrogens (tertiary/aromatic N) is 2. The third kappa shape index (κ3) is 3.54. The predicted molar refractivity (Wildman–Crippen MR) is 66.5 cm³/mol. The summed E-state index contributed by atoms with van der Waals surface area (Å²) in [6, 6.07) is 11.1. The van der Waals surface area contributed by atoms with Crippen LogP contribution in [-0.2, 0) is 6.18 Å². The highest BCUT2D eigenvalue weighted by atomic mass is 19.4. The second kappa shape index (κ2) is 5.09. The van der Waals surface area contributed by atoms with Crippen molar-refractivity contribution in [3.63, 3.8) is 0 Å². The summed E-state index contributed by atoms with van der Waals surface area (Å²) in [5.74, 6) is 0. The van der Waals surface area contributed by atoms with Crippen molar-refractivity contribution >= 4 is 17.1 Å². The number of nitrogens with two attached hydrogens (primary N) is 1. The molecule has 2 aromatic carbocycles. The minimum Gasteiger partial charge on any atom is -0.399 e. The molecular weight excluding hydrogens is 255 g/mol. The summed E-state index contributed by atoms with van der Waals surface area (Å²) in [5.41, 5.74) is 6.34. The summed E-state index contributed by atoms with van der Waals surface area (Å²) in [5, 5.41) is 7.74. The number of halogens is 3. The van der Waals surface area contributed by atoms with Gasteiger partial charge in [0.05, 0.1) is 16.9 Å². The largest absolute Gasteiger partial charge is 0.416 e. The highest BCUT2D eigenvalue weighted by molar-refractivity contribution is 5.48. The Bertz CT molecular complexity index is 572. The number of alkyl halides is 3. The summed E-state index contributed by atoms with van der Waals surface area (Å²) in [6.45, 7) is 0. The summed E-state index contributed by atoms with van der Waals surface area (Å²) >= 11 is 0. The molecular formula is C13H10F3N3. The van der Waals surface area contributed by atoms with Crippen LogP contribution in [0.3, 0.4) is 0 Å². The van der Waals surface area contributed by atoms with Crippen LogP contribution in [0.5, 0.6) is 0 Å². The molecule has 3 nitrogen and oxygen atoms in total. The molecule has 0 fully saturated rings. The zero-order chi connectivity index (χ0) is 13.9. The molecule has 0 aliphatic heterocycles. The Morgan fingerprint density at radius 1 is 0.737 bits per heavy atom. The number of benzene rings is 2. The molecule has 2 rings (SSSR count). The Balaban J connectivity index is 2.13. The van der Waals surface area contributed by atoms with Crippen molar-refractivity contribution < 1.29 is 13.2 Å². The molecule has 0 aromatic heterocycles. The first kappa shape index (κ1) is 13.1. The zero-order valence-corrected chi connectivity index (χ0v) is 9.72. The maximum absolute atomic E-state index is 12.3. The van der Waals surface area contributed by atoms with Gasteiger partial charge in [0.15, 0.2) is 0 Å². The molecule has 98 valence electrons. The predicted octanol–water partition coefficient (Wildman–Crippen LogP) is 4.70. The minimum atomic E-state index is -4.34. The summed E-state index contributed by atoms with van der Waals surface area (Å²) in [7, 11) is 0. The van der Waals surface area contributed by atoms with E-state index in [0.29, 0.717) is 17.1 Å². The van der Waals surface area contributed by atoms with Gasteiger partial charge in [0, 0.05) is 5.69 Å². The van der Waals surface area contributed by atoms with Gasteiger partial charge in [-0.25, -0.2) is 0 Å². The fraction of sp³-hybridized carbons (Fsp3) is 0.0769. The topological polar surface area (TPSA) is 50.7 Å². The number of rotatable bonds is 2. The average Bonchev–Trinajstić information content (AvgIpc) is 2.37. The number of anilines is 1. The zero-order valence-electron chi connectivity index (χ0n) is 9.72. The molecule has 0 aliphatic rings. The standard InChI is InChI=1S/C13H10F3N3/c14-13(15,16)9-1-5-11(6-2-9)18-19-12-7-3-10(17)4-8-12/h1-8H,17H2/b19-18+. The number of azo groups is 1. The van der Waals surface area contributed by atoms with Crippen molar-refractivity contribution in [3.8, 4) is 0 Å². The normalized spacial score (nSPS) is 11.9. The van der Waals surface area contributed by atoms with E-state index in [0.717, 1.165) is 12.1 Å². The monoisotopic (exact) mass is 265 g/mol. The first-order chi connectivity index (χ1) is 8.95. The van der Waals surface area contributed by atoms with E-state index in [9.17, 15) is 13.2 Å². The summed E-state index contributed by atoms with van der Waals surface area (Å²) in [4.78, 5) is 0. The van der Waals surface area contributed by atoms with Crippen LogP contribution in [0.1, 0.15) is 5.56 Å². The van der Waals surface area contributed by atoms with Crippen LogP contribution >= 0.6 is 0 Å².